The van der Waals surface area contributed by atoms with Crippen molar-refractivity contribution in [1.82, 2.24) is 5.32 Å². The number of fused-ring (bicyclic) bond motifs is 1. The van der Waals surface area contributed by atoms with Gasteiger partial charge in [0, 0.05) is 17.2 Å². The molecule has 1 nitrogen and oxygen atoms in total. The van der Waals surface area contributed by atoms with Gasteiger partial charge in [0.2, 0.25) is 0 Å². The second-order valence-electron chi connectivity index (χ2n) is 3.55. The molecule has 0 aliphatic carbocycles. The Hall–Kier alpha value is -0.730. The minimum absolute atomic E-state index is 0.865. The quantitative estimate of drug-likeness (QED) is 0.814. The summed E-state index contributed by atoms with van der Waals surface area (Å²) >= 11 is 1.96. The van der Waals surface area contributed by atoms with Crippen LogP contribution >= 0.6 is 11.8 Å². The van der Waals surface area contributed by atoms with Crippen molar-refractivity contribution in [1.29, 1.82) is 0 Å². The molecule has 0 saturated carbocycles. The summed E-state index contributed by atoms with van der Waals surface area (Å²) in [4.78, 5) is 1.44. The van der Waals surface area contributed by atoms with Gasteiger partial charge in [0.25, 0.3) is 0 Å². The minimum atomic E-state index is 0.865. The van der Waals surface area contributed by atoms with Crippen molar-refractivity contribution < 1.29 is 0 Å². The monoisotopic (exact) mass is 205 g/mol. The van der Waals surface area contributed by atoms with E-state index in [1.807, 2.05) is 18.8 Å². The summed E-state index contributed by atoms with van der Waals surface area (Å²) < 4.78 is 0. The van der Waals surface area contributed by atoms with Gasteiger partial charge in [-0.3, -0.25) is 0 Å². The molecule has 0 amide bonds. The normalized spacial score (nSPS) is 14.1. The zero-order valence-corrected chi connectivity index (χ0v) is 9.29. The predicted molar refractivity (Wildman–Crippen MR) is 63.8 cm³/mol. The summed E-state index contributed by atoms with van der Waals surface area (Å²) in [6, 6.07) is 6.70. The van der Waals surface area contributed by atoms with Crippen LogP contribution in [0, 0.1) is 0 Å². The number of nitrogens with one attached hydrogen (secondary N) is 1. The Labute approximate surface area is 89.6 Å². The molecule has 0 bridgehead atoms. The van der Waals surface area contributed by atoms with E-state index >= 15 is 0 Å². The van der Waals surface area contributed by atoms with Crippen LogP contribution in [-0.4, -0.2) is 19.3 Å². The van der Waals surface area contributed by atoms with Crippen LogP contribution < -0.4 is 5.32 Å². The molecule has 0 atom stereocenters. The molecular weight excluding hydrogens is 190 g/mol. The molecule has 74 valence electrons. The van der Waals surface area contributed by atoms with Gasteiger partial charge >= 0.3 is 0 Å². The number of rotatable bonds is 3. The summed E-state index contributed by atoms with van der Waals surface area (Å²) in [5, 5.41) is 3.13. The second-order valence-corrected chi connectivity index (χ2v) is 4.69. The Morgan fingerprint density at radius 3 is 3.21 bits per heavy atom. The van der Waals surface area contributed by atoms with Crippen molar-refractivity contribution in [3.63, 3.8) is 0 Å². The first-order valence-corrected chi connectivity index (χ1v) is 5.88. The van der Waals surface area contributed by atoms with Crippen LogP contribution in [0.2, 0.25) is 0 Å². The van der Waals surface area contributed by atoms with E-state index in [0.29, 0.717) is 0 Å². The number of thioether (sulfide) groups is 1. The largest absolute Gasteiger partial charge is 0.316 e. The lowest BCUT2D eigenvalue weighted by Gasteiger charge is -2.07. The smallest absolute Gasteiger partial charge is 0.0202 e. The van der Waals surface area contributed by atoms with Crippen molar-refractivity contribution in [2.75, 3.05) is 19.3 Å². The third-order valence-corrected chi connectivity index (χ3v) is 3.59. The Morgan fingerprint density at radius 1 is 1.57 bits per heavy atom. The summed E-state index contributed by atoms with van der Waals surface area (Å²) in [6.45, 7) is 4.93. The lowest BCUT2D eigenvalue weighted by Crippen LogP contribution is -2.08. The van der Waals surface area contributed by atoms with Crippen LogP contribution in [-0.2, 0) is 6.42 Å². The summed E-state index contributed by atoms with van der Waals surface area (Å²) in [7, 11) is 1.95. The molecule has 14 heavy (non-hydrogen) atoms. The first-order chi connectivity index (χ1) is 6.81. The molecule has 2 heteroatoms. The van der Waals surface area contributed by atoms with Gasteiger partial charge in [-0.2, -0.15) is 0 Å². The van der Waals surface area contributed by atoms with Crippen molar-refractivity contribution in [2.24, 2.45) is 0 Å². The van der Waals surface area contributed by atoms with E-state index in [1.54, 1.807) is 0 Å². The van der Waals surface area contributed by atoms with Crippen LogP contribution in [0.1, 0.15) is 11.1 Å². The minimum Gasteiger partial charge on any atom is -0.316 e. The molecule has 0 unspecified atom stereocenters. The van der Waals surface area contributed by atoms with E-state index in [4.69, 9.17) is 0 Å². The topological polar surface area (TPSA) is 12.0 Å². The van der Waals surface area contributed by atoms with E-state index in [2.05, 4.69) is 30.1 Å². The fourth-order valence-corrected chi connectivity index (χ4v) is 2.81. The summed E-state index contributed by atoms with van der Waals surface area (Å²) in [6.07, 6.45) is 1.22. The van der Waals surface area contributed by atoms with Crippen molar-refractivity contribution in [3.8, 4) is 0 Å². The fourth-order valence-electron chi connectivity index (χ4n) is 1.70. The molecule has 1 aromatic rings. The lowest BCUT2D eigenvalue weighted by atomic mass is 10.0. The van der Waals surface area contributed by atoms with E-state index in [1.165, 1.54) is 33.8 Å². The Balaban J connectivity index is 2.24. The Bertz CT molecular complexity index is 357. The molecular formula is C12H15NS. The van der Waals surface area contributed by atoms with Gasteiger partial charge in [0.15, 0.2) is 0 Å². The summed E-state index contributed by atoms with van der Waals surface area (Å²) in [5.41, 5.74) is 3.94. The molecule has 1 heterocycles. The molecule has 0 fully saturated rings. The fraction of sp³-hybridized carbons (Fsp3) is 0.333. The number of likely N-dealkylation sites (N-methyl/N-ethyl adjacent to an activating group) is 1. The van der Waals surface area contributed by atoms with Gasteiger partial charge in [0.1, 0.15) is 0 Å². The Kier molecular flexibility index (Phi) is 2.94. The zero-order chi connectivity index (χ0) is 9.97. The molecule has 0 spiro atoms. The molecule has 0 saturated heterocycles. The third-order valence-electron chi connectivity index (χ3n) is 2.49. The summed E-state index contributed by atoms with van der Waals surface area (Å²) in [5.74, 6) is 1.23. The van der Waals surface area contributed by atoms with Crippen LogP contribution in [0.15, 0.2) is 29.7 Å². The number of benzene rings is 1. The van der Waals surface area contributed by atoms with Crippen LogP contribution in [0.25, 0.3) is 5.57 Å². The van der Waals surface area contributed by atoms with Crippen LogP contribution in [0.4, 0.5) is 0 Å². The van der Waals surface area contributed by atoms with Gasteiger partial charge in [-0.15, -0.1) is 11.8 Å². The van der Waals surface area contributed by atoms with Gasteiger partial charge in [-0.05, 0) is 36.2 Å². The van der Waals surface area contributed by atoms with Gasteiger partial charge in [-0.25, -0.2) is 0 Å². The number of hydrogen-bond acceptors (Lipinski definition) is 2. The van der Waals surface area contributed by atoms with E-state index in [-0.39, 0.29) is 0 Å². The maximum Gasteiger partial charge on any atom is 0.0202 e. The number of aryl methyl sites for hydroxylation is 1. The average molecular weight is 205 g/mol. The zero-order valence-electron chi connectivity index (χ0n) is 8.47. The highest BCUT2D eigenvalue weighted by molar-refractivity contribution is 7.99. The van der Waals surface area contributed by atoms with E-state index in [0.717, 1.165) is 6.54 Å². The predicted octanol–water partition coefficient (Wildman–Crippen LogP) is 2.57. The SMILES string of the molecule is C=C(CNC)c1ccc2c(c1)SCC2. The standard InChI is InChI=1S/C12H15NS/c1-9(8-13-2)11-4-3-10-5-6-14-12(10)7-11/h3-4,7,13H,1,5-6,8H2,2H3. The number of hydrogen-bond donors (Lipinski definition) is 1. The second kappa shape index (κ2) is 4.20. The molecule has 0 aromatic heterocycles. The Morgan fingerprint density at radius 2 is 2.43 bits per heavy atom. The van der Waals surface area contributed by atoms with Crippen molar-refractivity contribution >= 4 is 17.3 Å². The van der Waals surface area contributed by atoms with Gasteiger partial charge in [0.05, 0.1) is 0 Å². The van der Waals surface area contributed by atoms with E-state index < -0.39 is 0 Å². The molecule has 1 N–H and O–H groups in total. The maximum absolute atomic E-state index is 4.07. The lowest BCUT2D eigenvalue weighted by molar-refractivity contribution is 0.932. The first kappa shape index (κ1) is 9.81. The van der Waals surface area contributed by atoms with Crippen molar-refractivity contribution in [2.45, 2.75) is 11.3 Å². The third kappa shape index (κ3) is 1.86. The van der Waals surface area contributed by atoms with Gasteiger partial charge in [-0.1, -0.05) is 18.7 Å². The molecule has 0 radical (unpaired) electrons. The molecule has 1 aliphatic rings. The maximum atomic E-state index is 4.07. The highest BCUT2D eigenvalue weighted by Crippen LogP contribution is 2.32. The molecule has 1 aliphatic heterocycles. The molecule has 1 aromatic carbocycles. The average Bonchev–Trinajstić information content (AvgIpc) is 2.64. The van der Waals surface area contributed by atoms with Crippen molar-refractivity contribution in [3.05, 3.63) is 35.9 Å². The highest BCUT2D eigenvalue weighted by Gasteiger charge is 2.11. The van der Waals surface area contributed by atoms with Gasteiger partial charge < -0.3 is 5.32 Å². The van der Waals surface area contributed by atoms with Crippen LogP contribution in [0.3, 0.4) is 0 Å². The molecule has 2 rings (SSSR count). The van der Waals surface area contributed by atoms with Crippen LogP contribution in [0.5, 0.6) is 0 Å². The first-order valence-electron chi connectivity index (χ1n) is 4.90. The van der Waals surface area contributed by atoms with E-state index in [9.17, 15) is 0 Å². The highest BCUT2D eigenvalue weighted by atomic mass is 32.2.